The molecule has 0 aliphatic rings. The number of carbonyl (C=O) groups is 1. The molecule has 0 radical (unpaired) electrons. The van der Waals surface area contributed by atoms with Crippen molar-refractivity contribution in [3.8, 4) is 5.75 Å². The summed E-state index contributed by atoms with van der Waals surface area (Å²) >= 11 is 0. The third kappa shape index (κ3) is 5.10. The number of rotatable bonds is 3. The fourth-order valence-corrected chi connectivity index (χ4v) is 0.923. The van der Waals surface area contributed by atoms with Gasteiger partial charge in [-0.2, -0.15) is 0 Å². The molecule has 0 amide bonds. The van der Waals surface area contributed by atoms with Gasteiger partial charge in [-0.15, -0.1) is 0 Å². The summed E-state index contributed by atoms with van der Waals surface area (Å²) in [5, 5.41) is 19.4. The first-order chi connectivity index (χ1) is 6.63. The van der Waals surface area contributed by atoms with Crippen LogP contribution in [0.25, 0.3) is 6.08 Å². The third-order valence-corrected chi connectivity index (χ3v) is 1.61. The van der Waals surface area contributed by atoms with E-state index in [4.69, 9.17) is 5.11 Å². The van der Waals surface area contributed by atoms with E-state index in [1.165, 1.54) is 25.3 Å². The number of benzene rings is 1. The molecule has 0 saturated heterocycles. The van der Waals surface area contributed by atoms with Crippen molar-refractivity contribution in [1.29, 1.82) is 0 Å². The smallest absolute Gasteiger partial charge is 0.542 e. The van der Waals surface area contributed by atoms with Crippen LogP contribution in [0.1, 0.15) is 5.56 Å². The Labute approximate surface area is 146 Å². The molecule has 0 saturated carbocycles. The van der Waals surface area contributed by atoms with Crippen molar-refractivity contribution in [3.63, 3.8) is 0 Å². The molecule has 1 aromatic rings. The van der Waals surface area contributed by atoms with E-state index >= 15 is 0 Å². The Balaban J connectivity index is 0.00000196. The summed E-state index contributed by atoms with van der Waals surface area (Å²) < 4.78 is 4.58. The van der Waals surface area contributed by atoms with Crippen LogP contribution in [0.5, 0.6) is 5.75 Å². The number of carboxylic acids is 1. The van der Waals surface area contributed by atoms with Crippen molar-refractivity contribution in [2.24, 2.45) is 0 Å². The van der Waals surface area contributed by atoms with Crippen LogP contribution in [0.3, 0.4) is 0 Å². The van der Waals surface area contributed by atoms with Gasteiger partial charge in [0.25, 0.3) is 0 Å². The zero-order valence-electron chi connectivity index (χ0n) is 8.56. The van der Waals surface area contributed by atoms with Crippen molar-refractivity contribution in [2.75, 3.05) is 7.11 Å². The summed E-state index contributed by atoms with van der Waals surface area (Å²) in [6.45, 7) is 0. The van der Waals surface area contributed by atoms with Gasteiger partial charge in [-0.3, -0.25) is 0 Å². The first kappa shape index (κ1) is 15.1. The summed E-state index contributed by atoms with van der Waals surface area (Å²) in [6.07, 6.45) is 1.31. The number of carboxylic acid groups (broad SMARTS) is 1. The van der Waals surface area contributed by atoms with E-state index in [0.717, 1.165) is 0 Å². The Morgan fingerprint density at radius 1 is 1.40 bits per heavy atom. The van der Waals surface area contributed by atoms with Crippen molar-refractivity contribution >= 4 is 12.0 Å². The summed E-state index contributed by atoms with van der Waals surface area (Å²) in [7, 11) is 1.25. The second-order valence-electron chi connectivity index (χ2n) is 2.59. The number of aromatic hydroxyl groups is 1. The minimum absolute atomic E-state index is 0. The van der Waals surface area contributed by atoms with Crippen molar-refractivity contribution in [2.45, 2.75) is 0 Å². The maximum Gasteiger partial charge on any atom is 1.00 e. The summed E-state index contributed by atoms with van der Waals surface area (Å²) in [6, 6.07) is 6.04. The predicted molar refractivity (Wildman–Crippen MR) is 48.1 cm³/mol. The van der Waals surface area contributed by atoms with E-state index in [2.05, 4.69) is 4.74 Å². The minimum Gasteiger partial charge on any atom is -0.542 e. The van der Waals surface area contributed by atoms with E-state index in [1.807, 2.05) is 0 Å². The molecule has 1 rings (SSSR count). The Bertz CT molecular complexity index is 356. The molecule has 1 N–H and O–H groups in total. The number of hydrogen-bond acceptors (Lipinski definition) is 4. The Morgan fingerprint density at radius 2 is 1.93 bits per heavy atom. The quantitative estimate of drug-likeness (QED) is 0.479. The number of hydrogen-bond donors (Lipinski definition) is 1. The largest absolute Gasteiger partial charge is 1.00 e. The Morgan fingerprint density at radius 3 is 2.33 bits per heavy atom. The molecule has 0 unspecified atom stereocenters. The second kappa shape index (κ2) is 7.37. The molecule has 0 spiro atoms. The number of methoxy groups -OCH3 is 1. The van der Waals surface area contributed by atoms with E-state index < -0.39 is 5.97 Å². The first-order valence-electron chi connectivity index (χ1n) is 3.89. The zero-order valence-corrected chi connectivity index (χ0v) is 14.8. The van der Waals surface area contributed by atoms with Crippen molar-refractivity contribution < 1.29 is 88.6 Å². The molecular weight excluding hydrogens is 317 g/mol. The zero-order chi connectivity index (χ0) is 10.6. The van der Waals surface area contributed by atoms with Crippen LogP contribution in [-0.4, -0.2) is 18.2 Å². The molecule has 4 nitrogen and oxygen atoms in total. The SMILES string of the molecule is CO/C(=C\c1ccc(O)cc1)C(=O)[O-].[Cs+]. The summed E-state index contributed by atoms with van der Waals surface area (Å²) in [5.74, 6) is -1.51. The first-order valence-corrected chi connectivity index (χ1v) is 3.89. The number of phenolic OH excluding ortho intramolecular Hbond substituents is 1. The number of aliphatic carboxylic acids is 1. The van der Waals surface area contributed by atoms with Gasteiger partial charge < -0.3 is 19.7 Å². The molecule has 0 aromatic heterocycles. The van der Waals surface area contributed by atoms with E-state index in [0.29, 0.717) is 5.56 Å². The summed E-state index contributed by atoms with van der Waals surface area (Å²) in [4.78, 5) is 10.4. The molecule has 5 heteroatoms. The number of phenols is 1. The molecule has 15 heavy (non-hydrogen) atoms. The van der Waals surface area contributed by atoms with Gasteiger partial charge in [-0.1, -0.05) is 12.1 Å². The van der Waals surface area contributed by atoms with Gasteiger partial charge in [0.15, 0.2) is 0 Å². The van der Waals surface area contributed by atoms with Gasteiger partial charge in [0.05, 0.1) is 7.11 Å². The fourth-order valence-electron chi connectivity index (χ4n) is 0.923. The Hall–Kier alpha value is 0.0819. The minimum atomic E-state index is -1.37. The summed E-state index contributed by atoms with van der Waals surface area (Å²) in [5.41, 5.74) is 0.615. The van der Waals surface area contributed by atoms with Gasteiger partial charge in [-0.05, 0) is 23.8 Å². The molecule has 0 aliphatic carbocycles. The van der Waals surface area contributed by atoms with Crippen LogP contribution in [-0.2, 0) is 9.53 Å². The molecule has 0 bridgehead atoms. The Kier molecular flexibility index (Phi) is 7.41. The van der Waals surface area contributed by atoms with Gasteiger partial charge in [0.1, 0.15) is 17.5 Å². The third-order valence-electron chi connectivity index (χ3n) is 1.61. The molecule has 0 heterocycles. The van der Waals surface area contributed by atoms with Crippen LogP contribution < -0.4 is 74.0 Å². The number of carbonyl (C=O) groups excluding carboxylic acids is 1. The monoisotopic (exact) mass is 326 g/mol. The molecule has 0 aliphatic heterocycles. The molecule has 1 aromatic carbocycles. The van der Waals surface area contributed by atoms with Gasteiger partial charge >= 0.3 is 68.9 Å². The average molecular weight is 326 g/mol. The predicted octanol–water partition coefficient (Wildman–Crippen LogP) is -2.87. The van der Waals surface area contributed by atoms with Gasteiger partial charge in [-0.25, -0.2) is 0 Å². The molecule has 0 atom stereocenters. The second-order valence-corrected chi connectivity index (χ2v) is 2.59. The normalized spacial score (nSPS) is 10.3. The maximum absolute atomic E-state index is 10.4. The molecule has 74 valence electrons. The van der Waals surface area contributed by atoms with Crippen LogP contribution >= 0.6 is 0 Å². The molecule has 0 fully saturated rings. The topological polar surface area (TPSA) is 69.6 Å². The van der Waals surface area contributed by atoms with E-state index in [1.54, 1.807) is 12.1 Å². The standard InChI is InChI=1S/C10H10O4.Cs/c1-14-9(10(12)13)6-7-2-4-8(11)5-3-7;/h2-6,11H,1H3,(H,12,13);/q;+1/p-1/b9-6-;. The van der Waals surface area contributed by atoms with Crippen LogP contribution in [0.4, 0.5) is 0 Å². The average Bonchev–Trinajstić information content (AvgIpc) is 2.16. The number of ether oxygens (including phenoxy) is 1. The van der Waals surface area contributed by atoms with Gasteiger partial charge in [0.2, 0.25) is 0 Å². The fraction of sp³-hybridized carbons (Fsp3) is 0.100. The van der Waals surface area contributed by atoms with Crippen LogP contribution in [0, 0.1) is 0 Å². The van der Waals surface area contributed by atoms with Crippen molar-refractivity contribution in [3.05, 3.63) is 35.6 Å². The van der Waals surface area contributed by atoms with Crippen molar-refractivity contribution in [1.82, 2.24) is 0 Å². The molecular formula is C10H9CsO4. The van der Waals surface area contributed by atoms with Crippen LogP contribution in [0.15, 0.2) is 30.0 Å². The maximum atomic E-state index is 10.4. The van der Waals surface area contributed by atoms with E-state index in [-0.39, 0.29) is 80.4 Å². The van der Waals surface area contributed by atoms with Gasteiger partial charge in [0, 0.05) is 0 Å². The van der Waals surface area contributed by atoms with Crippen LogP contribution in [0.2, 0.25) is 0 Å². The van der Waals surface area contributed by atoms with E-state index in [9.17, 15) is 9.90 Å².